The SMILES string of the molecule is C=Cc1cn[nH]c1-c1nc2cc3c(cc2[nH]1)OCO3. The topological polar surface area (TPSA) is 75.8 Å². The van der Waals surface area contributed by atoms with Gasteiger partial charge < -0.3 is 14.5 Å². The molecule has 6 nitrogen and oxygen atoms in total. The van der Waals surface area contributed by atoms with Gasteiger partial charge in [0.1, 0.15) is 5.69 Å². The van der Waals surface area contributed by atoms with E-state index in [4.69, 9.17) is 9.47 Å². The number of H-pyrrole nitrogens is 2. The number of imidazole rings is 1. The van der Waals surface area contributed by atoms with Crippen molar-refractivity contribution in [3.8, 4) is 23.0 Å². The summed E-state index contributed by atoms with van der Waals surface area (Å²) in [4.78, 5) is 7.77. The van der Waals surface area contributed by atoms with Gasteiger partial charge >= 0.3 is 0 Å². The highest BCUT2D eigenvalue weighted by Crippen LogP contribution is 2.36. The highest BCUT2D eigenvalue weighted by atomic mass is 16.7. The summed E-state index contributed by atoms with van der Waals surface area (Å²) in [7, 11) is 0. The first-order chi connectivity index (χ1) is 9.35. The van der Waals surface area contributed by atoms with E-state index in [1.165, 1.54) is 0 Å². The molecule has 19 heavy (non-hydrogen) atoms. The van der Waals surface area contributed by atoms with Gasteiger partial charge in [0.15, 0.2) is 17.3 Å². The summed E-state index contributed by atoms with van der Waals surface area (Å²) in [5.41, 5.74) is 3.43. The Hall–Kier alpha value is -2.76. The van der Waals surface area contributed by atoms with Crippen molar-refractivity contribution in [1.82, 2.24) is 20.2 Å². The van der Waals surface area contributed by atoms with Crippen LogP contribution in [0, 0.1) is 0 Å². The zero-order chi connectivity index (χ0) is 12.8. The fourth-order valence-corrected chi connectivity index (χ4v) is 2.16. The third-order valence-corrected chi connectivity index (χ3v) is 3.10. The Morgan fingerprint density at radius 3 is 2.95 bits per heavy atom. The Morgan fingerprint density at radius 2 is 2.11 bits per heavy atom. The van der Waals surface area contributed by atoms with E-state index in [0.29, 0.717) is 5.82 Å². The lowest BCUT2D eigenvalue weighted by Gasteiger charge is -1.93. The van der Waals surface area contributed by atoms with Crippen LogP contribution in [0.25, 0.3) is 28.6 Å². The number of ether oxygens (including phenoxy) is 2. The largest absolute Gasteiger partial charge is 0.454 e. The maximum absolute atomic E-state index is 5.35. The van der Waals surface area contributed by atoms with Gasteiger partial charge in [0.05, 0.1) is 17.2 Å². The Kier molecular flexibility index (Phi) is 1.94. The number of rotatable bonds is 2. The van der Waals surface area contributed by atoms with Gasteiger partial charge in [-0.2, -0.15) is 5.10 Å². The maximum Gasteiger partial charge on any atom is 0.231 e. The number of hydrogen-bond donors (Lipinski definition) is 2. The summed E-state index contributed by atoms with van der Waals surface area (Å²) < 4.78 is 10.7. The normalized spacial score (nSPS) is 13.1. The first kappa shape index (κ1) is 10.2. The molecule has 0 amide bonds. The Balaban J connectivity index is 1.91. The monoisotopic (exact) mass is 254 g/mol. The molecule has 2 aromatic heterocycles. The van der Waals surface area contributed by atoms with Crippen LogP contribution in [0.5, 0.6) is 11.5 Å². The van der Waals surface area contributed by atoms with E-state index in [9.17, 15) is 0 Å². The standard InChI is InChI=1S/C13H10N4O2/c1-2-7-5-14-17-12(7)13-15-8-3-10-11(19-6-18-10)4-9(8)16-13/h2-5H,1,6H2,(H,14,17)(H,15,16). The number of aromatic nitrogens is 4. The zero-order valence-electron chi connectivity index (χ0n) is 9.93. The number of aromatic amines is 2. The van der Waals surface area contributed by atoms with Gasteiger partial charge in [-0.05, 0) is 0 Å². The molecule has 1 aromatic carbocycles. The molecule has 0 saturated carbocycles. The third-order valence-electron chi connectivity index (χ3n) is 3.10. The molecule has 0 saturated heterocycles. The molecule has 1 aliphatic heterocycles. The van der Waals surface area contributed by atoms with Gasteiger partial charge in [-0.15, -0.1) is 0 Å². The smallest absolute Gasteiger partial charge is 0.231 e. The lowest BCUT2D eigenvalue weighted by molar-refractivity contribution is 0.174. The minimum absolute atomic E-state index is 0.260. The summed E-state index contributed by atoms with van der Waals surface area (Å²) in [6.07, 6.45) is 3.44. The number of nitrogens with one attached hydrogen (secondary N) is 2. The molecule has 1 aliphatic rings. The predicted molar refractivity (Wildman–Crippen MR) is 69.9 cm³/mol. The Morgan fingerprint density at radius 1 is 1.26 bits per heavy atom. The molecule has 94 valence electrons. The maximum atomic E-state index is 5.35. The average molecular weight is 254 g/mol. The van der Waals surface area contributed by atoms with Crippen LogP contribution >= 0.6 is 0 Å². The van der Waals surface area contributed by atoms with Gasteiger partial charge in [0.2, 0.25) is 6.79 Å². The van der Waals surface area contributed by atoms with E-state index in [1.54, 1.807) is 12.3 Å². The van der Waals surface area contributed by atoms with Crippen LogP contribution in [0.3, 0.4) is 0 Å². The number of hydrogen-bond acceptors (Lipinski definition) is 4. The van der Waals surface area contributed by atoms with E-state index < -0.39 is 0 Å². The number of fused-ring (bicyclic) bond motifs is 2. The summed E-state index contributed by atoms with van der Waals surface area (Å²) in [6.45, 7) is 4.01. The van der Waals surface area contributed by atoms with E-state index in [1.807, 2.05) is 12.1 Å². The molecule has 6 heteroatoms. The molecular formula is C13H10N4O2. The minimum atomic E-state index is 0.260. The summed E-state index contributed by atoms with van der Waals surface area (Å²) in [5, 5.41) is 6.91. The first-order valence-corrected chi connectivity index (χ1v) is 5.80. The quantitative estimate of drug-likeness (QED) is 0.735. The second-order valence-electron chi connectivity index (χ2n) is 4.21. The van der Waals surface area contributed by atoms with Crippen LogP contribution in [-0.2, 0) is 0 Å². The van der Waals surface area contributed by atoms with Crippen LogP contribution in [0.1, 0.15) is 5.56 Å². The molecule has 0 aliphatic carbocycles. The molecule has 3 aromatic rings. The number of nitrogens with zero attached hydrogens (tertiary/aromatic N) is 2. The second-order valence-corrected chi connectivity index (χ2v) is 4.21. The summed E-state index contributed by atoms with van der Waals surface area (Å²) >= 11 is 0. The van der Waals surface area contributed by atoms with Crippen LogP contribution in [0.2, 0.25) is 0 Å². The molecule has 2 N–H and O–H groups in total. The lowest BCUT2D eigenvalue weighted by Crippen LogP contribution is -1.92. The van der Waals surface area contributed by atoms with Crippen molar-refractivity contribution in [3.63, 3.8) is 0 Å². The molecule has 4 rings (SSSR count). The Labute approximate surface area is 108 Å². The fraction of sp³-hybridized carbons (Fsp3) is 0.0769. The highest BCUT2D eigenvalue weighted by molar-refractivity contribution is 5.83. The molecule has 3 heterocycles. The average Bonchev–Trinajstić information content (AvgIpc) is 3.13. The van der Waals surface area contributed by atoms with Crippen molar-refractivity contribution in [1.29, 1.82) is 0 Å². The lowest BCUT2D eigenvalue weighted by atomic mass is 10.2. The van der Waals surface area contributed by atoms with Crippen molar-refractivity contribution >= 4 is 17.1 Å². The van der Waals surface area contributed by atoms with Crippen molar-refractivity contribution in [2.75, 3.05) is 6.79 Å². The van der Waals surface area contributed by atoms with E-state index in [-0.39, 0.29) is 6.79 Å². The minimum Gasteiger partial charge on any atom is -0.454 e. The fourth-order valence-electron chi connectivity index (χ4n) is 2.16. The van der Waals surface area contributed by atoms with Gasteiger partial charge in [0, 0.05) is 17.7 Å². The zero-order valence-corrected chi connectivity index (χ0v) is 9.93. The van der Waals surface area contributed by atoms with Crippen molar-refractivity contribution in [2.24, 2.45) is 0 Å². The van der Waals surface area contributed by atoms with Gasteiger partial charge in [-0.1, -0.05) is 12.7 Å². The van der Waals surface area contributed by atoms with Crippen LogP contribution in [0.4, 0.5) is 0 Å². The van der Waals surface area contributed by atoms with E-state index in [0.717, 1.165) is 33.8 Å². The van der Waals surface area contributed by atoms with Crippen LogP contribution < -0.4 is 9.47 Å². The van der Waals surface area contributed by atoms with E-state index >= 15 is 0 Å². The molecule has 0 bridgehead atoms. The molecule has 0 atom stereocenters. The molecule has 0 unspecified atom stereocenters. The first-order valence-electron chi connectivity index (χ1n) is 5.80. The van der Waals surface area contributed by atoms with Crippen molar-refractivity contribution < 1.29 is 9.47 Å². The van der Waals surface area contributed by atoms with Crippen molar-refractivity contribution in [2.45, 2.75) is 0 Å². The van der Waals surface area contributed by atoms with Crippen molar-refractivity contribution in [3.05, 3.63) is 30.5 Å². The van der Waals surface area contributed by atoms with Gasteiger partial charge in [-0.3, -0.25) is 5.10 Å². The summed E-state index contributed by atoms with van der Waals surface area (Å²) in [6, 6.07) is 3.75. The van der Waals surface area contributed by atoms with Gasteiger partial charge in [-0.25, -0.2) is 4.98 Å². The highest BCUT2D eigenvalue weighted by Gasteiger charge is 2.17. The molecule has 0 radical (unpaired) electrons. The molecule has 0 fully saturated rings. The van der Waals surface area contributed by atoms with Crippen LogP contribution in [0.15, 0.2) is 24.9 Å². The van der Waals surface area contributed by atoms with Gasteiger partial charge in [0.25, 0.3) is 0 Å². The molecule has 0 spiro atoms. The van der Waals surface area contributed by atoms with Crippen LogP contribution in [-0.4, -0.2) is 27.0 Å². The Bertz CT molecular complexity index is 746. The summed E-state index contributed by atoms with van der Waals surface area (Å²) in [5.74, 6) is 2.17. The number of benzene rings is 1. The van der Waals surface area contributed by atoms with E-state index in [2.05, 4.69) is 26.7 Å². The molecular weight excluding hydrogens is 244 g/mol. The predicted octanol–water partition coefficient (Wildman–Crippen LogP) is 2.32. The third kappa shape index (κ3) is 1.43. The second kappa shape index (κ2) is 3.61.